The van der Waals surface area contributed by atoms with Gasteiger partial charge >= 0.3 is 0 Å². The van der Waals surface area contributed by atoms with E-state index < -0.39 is 9.84 Å². The van der Waals surface area contributed by atoms with Crippen LogP contribution in [0.5, 0.6) is 5.75 Å². The summed E-state index contributed by atoms with van der Waals surface area (Å²) in [5, 5.41) is 0. The third kappa shape index (κ3) is 4.49. The van der Waals surface area contributed by atoms with Crippen LogP contribution in [0.25, 0.3) is 0 Å². The second-order valence-corrected chi connectivity index (χ2v) is 8.43. The van der Waals surface area contributed by atoms with Crippen molar-refractivity contribution in [2.45, 2.75) is 9.79 Å². The first-order valence-electron chi connectivity index (χ1n) is 6.27. The zero-order valence-electron chi connectivity index (χ0n) is 11.5. The third-order valence-electron chi connectivity index (χ3n) is 2.85. The molecule has 0 aliphatic heterocycles. The molecule has 0 saturated carbocycles. The zero-order chi connectivity index (χ0) is 15.3. The molecule has 0 aliphatic rings. The molecule has 0 bridgehead atoms. The van der Waals surface area contributed by atoms with Gasteiger partial charge in [-0.3, -0.25) is 0 Å². The first kappa shape index (κ1) is 16.4. The summed E-state index contributed by atoms with van der Waals surface area (Å²) in [5.41, 5.74) is 0. The molecule has 2 aromatic carbocycles. The number of sulfone groups is 1. The first-order valence-corrected chi connectivity index (χ1v) is 9.70. The number of methoxy groups -OCH3 is 1. The molecule has 21 heavy (non-hydrogen) atoms. The molecule has 3 nitrogen and oxygen atoms in total. The Hall–Kier alpha value is -0.980. The van der Waals surface area contributed by atoms with E-state index in [-0.39, 0.29) is 5.75 Å². The molecule has 2 rings (SSSR count). The number of ether oxygens (including phenoxy) is 1. The predicted octanol–water partition coefficient (Wildman–Crippen LogP) is 4.02. The lowest BCUT2D eigenvalue weighted by Crippen LogP contribution is -2.08. The Morgan fingerprint density at radius 3 is 2.43 bits per heavy atom. The maximum Gasteiger partial charge on any atom is 0.179 e. The van der Waals surface area contributed by atoms with Crippen LogP contribution in [0, 0.1) is 0 Å². The van der Waals surface area contributed by atoms with Crippen LogP contribution in [-0.2, 0) is 9.84 Å². The van der Waals surface area contributed by atoms with Crippen LogP contribution in [-0.4, -0.2) is 27.0 Å². The maximum atomic E-state index is 12.2. The fraction of sp³-hybridized carbons (Fsp3) is 0.200. The van der Waals surface area contributed by atoms with Gasteiger partial charge in [-0.05, 0) is 36.4 Å². The molecule has 0 heterocycles. The highest BCUT2D eigenvalue weighted by Crippen LogP contribution is 2.29. The Kier molecular flexibility index (Phi) is 5.72. The van der Waals surface area contributed by atoms with Crippen molar-refractivity contribution in [2.75, 3.05) is 18.6 Å². The largest absolute Gasteiger partial charge is 0.496 e. The van der Waals surface area contributed by atoms with Gasteiger partial charge in [-0.25, -0.2) is 8.42 Å². The van der Waals surface area contributed by atoms with Crippen molar-refractivity contribution < 1.29 is 13.2 Å². The molecule has 6 heteroatoms. The first-order chi connectivity index (χ1) is 10.0. The Bertz CT molecular complexity index is 697. The Morgan fingerprint density at radius 1 is 1.10 bits per heavy atom. The second-order valence-electron chi connectivity index (χ2n) is 4.27. The number of hydrogen-bond acceptors (Lipinski definition) is 4. The number of hydrogen-bond donors (Lipinski definition) is 0. The fourth-order valence-electron chi connectivity index (χ4n) is 1.76. The molecule has 0 aromatic heterocycles. The molecule has 0 atom stereocenters. The van der Waals surface area contributed by atoms with Crippen molar-refractivity contribution in [1.82, 2.24) is 0 Å². The molecule has 0 radical (unpaired) electrons. The van der Waals surface area contributed by atoms with Crippen molar-refractivity contribution in [3.05, 3.63) is 53.0 Å². The molecule has 0 aliphatic carbocycles. The summed E-state index contributed by atoms with van der Waals surface area (Å²) < 4.78 is 30.6. The Morgan fingerprint density at radius 2 is 1.76 bits per heavy atom. The molecule has 0 amide bonds. The highest BCUT2D eigenvalue weighted by atomic mass is 79.9. The standard InChI is InChI=1S/C15H15BrO3S2/c1-19-14-4-2-3-5-15(14)20-10-11-21(17,18)13-8-6-12(16)7-9-13/h2-9H,10-11H2,1H3. The molecule has 112 valence electrons. The number of thioether (sulfide) groups is 1. The molecular weight excluding hydrogens is 372 g/mol. The van der Waals surface area contributed by atoms with Gasteiger partial charge in [-0.1, -0.05) is 28.1 Å². The van der Waals surface area contributed by atoms with Gasteiger partial charge in [0.2, 0.25) is 0 Å². The lowest BCUT2D eigenvalue weighted by molar-refractivity contribution is 0.405. The minimum atomic E-state index is -3.25. The minimum Gasteiger partial charge on any atom is -0.496 e. The van der Waals surface area contributed by atoms with Crippen LogP contribution in [0.2, 0.25) is 0 Å². The van der Waals surface area contributed by atoms with E-state index in [2.05, 4.69) is 15.9 Å². The Balaban J connectivity index is 2.01. The van der Waals surface area contributed by atoms with E-state index in [9.17, 15) is 8.42 Å². The summed E-state index contributed by atoms with van der Waals surface area (Å²) in [5.74, 6) is 1.35. The van der Waals surface area contributed by atoms with Gasteiger partial charge in [0.1, 0.15) is 5.75 Å². The summed E-state index contributed by atoms with van der Waals surface area (Å²) in [6.45, 7) is 0. The van der Waals surface area contributed by atoms with Gasteiger partial charge in [0.15, 0.2) is 9.84 Å². The van der Waals surface area contributed by atoms with E-state index in [0.29, 0.717) is 10.6 Å². The van der Waals surface area contributed by atoms with E-state index in [1.54, 1.807) is 31.4 Å². The average molecular weight is 387 g/mol. The highest BCUT2D eigenvalue weighted by molar-refractivity contribution is 9.10. The number of para-hydroxylation sites is 1. The normalized spacial score (nSPS) is 11.3. The van der Waals surface area contributed by atoms with Gasteiger partial charge in [0, 0.05) is 15.1 Å². The van der Waals surface area contributed by atoms with Gasteiger partial charge in [-0.2, -0.15) is 0 Å². The van der Waals surface area contributed by atoms with Crippen LogP contribution in [0.4, 0.5) is 0 Å². The summed E-state index contributed by atoms with van der Waals surface area (Å²) in [6, 6.07) is 14.3. The fourth-order valence-corrected chi connectivity index (χ4v) is 4.71. The lowest BCUT2D eigenvalue weighted by atomic mass is 10.3. The molecule has 0 unspecified atom stereocenters. The molecule has 0 saturated heterocycles. The second kappa shape index (κ2) is 7.33. The summed E-state index contributed by atoms with van der Waals surface area (Å²) >= 11 is 4.78. The van der Waals surface area contributed by atoms with Crippen LogP contribution in [0.3, 0.4) is 0 Å². The highest BCUT2D eigenvalue weighted by Gasteiger charge is 2.14. The van der Waals surface area contributed by atoms with Crippen molar-refractivity contribution in [3.63, 3.8) is 0 Å². The lowest BCUT2D eigenvalue weighted by Gasteiger charge is -2.08. The number of benzene rings is 2. The molecule has 0 spiro atoms. The van der Waals surface area contributed by atoms with E-state index in [1.165, 1.54) is 11.8 Å². The molecule has 0 N–H and O–H groups in total. The molecular formula is C15H15BrO3S2. The number of halogens is 1. The monoisotopic (exact) mass is 386 g/mol. The molecule has 0 fully saturated rings. The van der Waals surface area contributed by atoms with Crippen molar-refractivity contribution in [1.29, 1.82) is 0 Å². The van der Waals surface area contributed by atoms with Gasteiger partial charge in [0.05, 0.1) is 17.8 Å². The topological polar surface area (TPSA) is 43.4 Å². The van der Waals surface area contributed by atoms with Crippen LogP contribution < -0.4 is 4.74 Å². The van der Waals surface area contributed by atoms with Crippen molar-refractivity contribution in [3.8, 4) is 5.75 Å². The Labute approximate surface area is 137 Å². The van der Waals surface area contributed by atoms with Crippen LogP contribution in [0.15, 0.2) is 62.8 Å². The van der Waals surface area contributed by atoms with E-state index in [1.807, 2.05) is 24.3 Å². The minimum absolute atomic E-state index is 0.0946. The number of rotatable bonds is 6. The van der Waals surface area contributed by atoms with E-state index in [0.717, 1.165) is 15.1 Å². The SMILES string of the molecule is COc1ccccc1SCCS(=O)(=O)c1ccc(Br)cc1. The van der Waals surface area contributed by atoms with Crippen molar-refractivity contribution in [2.24, 2.45) is 0 Å². The maximum absolute atomic E-state index is 12.2. The average Bonchev–Trinajstić information content (AvgIpc) is 2.48. The van der Waals surface area contributed by atoms with Gasteiger partial charge in [-0.15, -0.1) is 11.8 Å². The van der Waals surface area contributed by atoms with Crippen LogP contribution in [0.1, 0.15) is 0 Å². The van der Waals surface area contributed by atoms with Crippen molar-refractivity contribution >= 4 is 37.5 Å². The molecule has 2 aromatic rings. The summed E-state index contributed by atoms with van der Waals surface area (Å²) in [6.07, 6.45) is 0. The summed E-state index contributed by atoms with van der Waals surface area (Å²) in [7, 11) is -1.64. The van der Waals surface area contributed by atoms with E-state index >= 15 is 0 Å². The quantitative estimate of drug-likeness (QED) is 0.703. The van der Waals surface area contributed by atoms with E-state index in [4.69, 9.17) is 4.74 Å². The van der Waals surface area contributed by atoms with Gasteiger partial charge < -0.3 is 4.74 Å². The zero-order valence-corrected chi connectivity index (χ0v) is 14.7. The smallest absolute Gasteiger partial charge is 0.179 e. The summed E-state index contributed by atoms with van der Waals surface area (Å²) in [4.78, 5) is 1.30. The predicted molar refractivity (Wildman–Crippen MR) is 89.9 cm³/mol. The van der Waals surface area contributed by atoms with Crippen LogP contribution >= 0.6 is 27.7 Å². The third-order valence-corrected chi connectivity index (χ3v) is 6.43. The van der Waals surface area contributed by atoms with Gasteiger partial charge in [0.25, 0.3) is 0 Å².